The molecule has 0 aliphatic heterocycles. The van der Waals surface area contributed by atoms with Crippen molar-refractivity contribution in [1.29, 1.82) is 0 Å². The van der Waals surface area contributed by atoms with Gasteiger partial charge in [-0.15, -0.1) is 0 Å². The van der Waals surface area contributed by atoms with Crippen LogP contribution in [0.2, 0.25) is 0 Å². The predicted octanol–water partition coefficient (Wildman–Crippen LogP) is 2.36. The molecule has 7 nitrogen and oxygen atoms in total. The number of aromatic nitrogens is 2. The molecule has 1 heterocycles. The van der Waals surface area contributed by atoms with E-state index in [1.807, 2.05) is 0 Å². The largest absolute Gasteiger partial charge is 0.476 e. The quantitative estimate of drug-likeness (QED) is 0.690. The number of carboxylic acid groups (broad SMARTS) is 1. The molecule has 1 N–H and O–H groups in total. The lowest BCUT2D eigenvalue weighted by Gasteiger charge is -2.13. The van der Waals surface area contributed by atoms with Gasteiger partial charge >= 0.3 is 5.97 Å². The maximum absolute atomic E-state index is 11.3. The number of hydrogen-bond acceptors (Lipinski definition) is 4. The molecule has 0 saturated carbocycles. The summed E-state index contributed by atoms with van der Waals surface area (Å²) in [6.07, 6.45) is 3.32. The van der Waals surface area contributed by atoms with Crippen molar-refractivity contribution in [3.8, 4) is 5.69 Å². The van der Waals surface area contributed by atoms with E-state index in [2.05, 4.69) is 5.10 Å². The summed E-state index contributed by atoms with van der Waals surface area (Å²) in [7, 11) is 0. The lowest BCUT2D eigenvalue weighted by atomic mass is 9.95. The molecule has 0 atom stereocenters. The summed E-state index contributed by atoms with van der Waals surface area (Å²) in [5, 5.41) is 24.3. The van der Waals surface area contributed by atoms with Crippen LogP contribution in [-0.4, -0.2) is 25.8 Å². The van der Waals surface area contributed by atoms with Crippen molar-refractivity contribution in [2.45, 2.75) is 25.7 Å². The van der Waals surface area contributed by atoms with Crippen LogP contribution >= 0.6 is 0 Å². The molecule has 7 heteroatoms. The van der Waals surface area contributed by atoms with E-state index >= 15 is 0 Å². The zero-order valence-electron chi connectivity index (χ0n) is 11.2. The second kappa shape index (κ2) is 5.01. The fourth-order valence-electron chi connectivity index (χ4n) is 2.72. The summed E-state index contributed by atoms with van der Waals surface area (Å²) in [6.45, 7) is 0. The summed E-state index contributed by atoms with van der Waals surface area (Å²) in [5.41, 5.74) is 2.13. The minimum atomic E-state index is -1.06. The van der Waals surface area contributed by atoms with Crippen molar-refractivity contribution >= 4 is 11.7 Å². The third kappa shape index (κ3) is 2.26. The first-order valence-corrected chi connectivity index (χ1v) is 6.67. The van der Waals surface area contributed by atoms with E-state index in [1.54, 1.807) is 12.1 Å². The van der Waals surface area contributed by atoms with Gasteiger partial charge in [-0.3, -0.25) is 10.1 Å². The lowest BCUT2D eigenvalue weighted by Crippen LogP contribution is -2.08. The molecule has 0 fully saturated rings. The number of nitrogens with zero attached hydrogens (tertiary/aromatic N) is 3. The Bertz CT molecular complexity index is 736. The highest BCUT2D eigenvalue weighted by Crippen LogP contribution is 2.28. The Balaban J connectivity index is 2.16. The zero-order chi connectivity index (χ0) is 15.0. The van der Waals surface area contributed by atoms with Crippen molar-refractivity contribution < 1.29 is 14.8 Å². The van der Waals surface area contributed by atoms with Crippen molar-refractivity contribution in [2.75, 3.05) is 0 Å². The summed E-state index contributed by atoms with van der Waals surface area (Å²) < 4.78 is 1.53. The van der Waals surface area contributed by atoms with Crippen LogP contribution in [0.3, 0.4) is 0 Å². The molecule has 2 aromatic rings. The molecule has 3 rings (SSSR count). The van der Waals surface area contributed by atoms with Gasteiger partial charge in [0.25, 0.3) is 5.69 Å². The zero-order valence-corrected chi connectivity index (χ0v) is 11.2. The third-order valence-corrected chi connectivity index (χ3v) is 3.67. The summed E-state index contributed by atoms with van der Waals surface area (Å²) in [6, 6.07) is 6.08. The average Bonchev–Trinajstić information content (AvgIpc) is 2.87. The van der Waals surface area contributed by atoms with Gasteiger partial charge in [0.15, 0.2) is 5.69 Å². The Labute approximate surface area is 120 Å². The van der Waals surface area contributed by atoms with Gasteiger partial charge in [0.1, 0.15) is 0 Å². The third-order valence-electron chi connectivity index (χ3n) is 3.67. The smallest absolute Gasteiger partial charge is 0.356 e. The standard InChI is InChI=1S/C14H13N3O4/c18-14(19)13-11-6-1-2-7-12(11)16(15-13)9-4-3-5-10(8-9)17(20)21/h3-5,8H,1-2,6-7H2,(H,18,19). The highest BCUT2D eigenvalue weighted by atomic mass is 16.6. The Hall–Kier alpha value is -2.70. The summed E-state index contributed by atoms with van der Waals surface area (Å²) in [4.78, 5) is 21.7. The molecule has 1 aliphatic rings. The Kier molecular flexibility index (Phi) is 3.17. The minimum Gasteiger partial charge on any atom is -0.476 e. The Morgan fingerprint density at radius 1 is 1.33 bits per heavy atom. The predicted molar refractivity (Wildman–Crippen MR) is 73.8 cm³/mol. The number of fused-ring (bicyclic) bond motifs is 1. The Morgan fingerprint density at radius 3 is 2.81 bits per heavy atom. The second-order valence-corrected chi connectivity index (χ2v) is 4.97. The molecule has 1 aromatic heterocycles. The molecule has 108 valence electrons. The van der Waals surface area contributed by atoms with E-state index in [9.17, 15) is 20.0 Å². The highest BCUT2D eigenvalue weighted by Gasteiger charge is 2.25. The molecule has 0 spiro atoms. The van der Waals surface area contributed by atoms with E-state index in [4.69, 9.17) is 0 Å². The van der Waals surface area contributed by atoms with Gasteiger partial charge in [-0.05, 0) is 31.7 Å². The van der Waals surface area contributed by atoms with Crippen LogP contribution in [0.1, 0.15) is 34.6 Å². The maximum Gasteiger partial charge on any atom is 0.356 e. The topological polar surface area (TPSA) is 98.3 Å². The average molecular weight is 287 g/mol. The normalized spacial score (nSPS) is 13.7. The molecule has 1 aliphatic carbocycles. The van der Waals surface area contributed by atoms with Gasteiger partial charge in [0, 0.05) is 23.4 Å². The number of carbonyl (C=O) groups is 1. The fourth-order valence-corrected chi connectivity index (χ4v) is 2.72. The molecular weight excluding hydrogens is 274 g/mol. The molecule has 0 saturated heterocycles. The fraction of sp³-hybridized carbons (Fsp3) is 0.286. The van der Waals surface area contributed by atoms with E-state index in [0.717, 1.165) is 30.5 Å². The van der Waals surface area contributed by atoms with E-state index in [0.29, 0.717) is 12.1 Å². The lowest BCUT2D eigenvalue weighted by molar-refractivity contribution is -0.384. The number of aromatic carboxylic acids is 1. The van der Waals surface area contributed by atoms with Gasteiger partial charge in [-0.2, -0.15) is 5.10 Å². The number of nitro benzene ring substituents is 1. The van der Waals surface area contributed by atoms with E-state index in [1.165, 1.54) is 16.8 Å². The van der Waals surface area contributed by atoms with Crippen LogP contribution in [0.25, 0.3) is 5.69 Å². The van der Waals surface area contributed by atoms with Gasteiger partial charge < -0.3 is 5.11 Å². The monoisotopic (exact) mass is 287 g/mol. The van der Waals surface area contributed by atoms with Crippen LogP contribution in [0.5, 0.6) is 0 Å². The molecule has 21 heavy (non-hydrogen) atoms. The summed E-state index contributed by atoms with van der Waals surface area (Å²) in [5.74, 6) is -1.06. The molecule has 1 aromatic carbocycles. The maximum atomic E-state index is 11.3. The first kappa shape index (κ1) is 13.3. The highest BCUT2D eigenvalue weighted by molar-refractivity contribution is 5.87. The van der Waals surface area contributed by atoms with Crippen LogP contribution in [0, 0.1) is 10.1 Å². The minimum absolute atomic E-state index is 0.0376. The number of non-ortho nitro benzene ring substituents is 1. The molecule has 0 bridgehead atoms. The molecule has 0 radical (unpaired) electrons. The molecular formula is C14H13N3O4. The first-order valence-electron chi connectivity index (χ1n) is 6.67. The van der Waals surface area contributed by atoms with Gasteiger partial charge in [0.05, 0.1) is 10.6 Å². The van der Waals surface area contributed by atoms with Crippen molar-refractivity contribution in [3.63, 3.8) is 0 Å². The SMILES string of the molecule is O=C(O)c1nn(-c2cccc([N+](=O)[O-])c2)c2c1CCCC2. The number of hydrogen-bond donors (Lipinski definition) is 1. The van der Waals surface area contributed by atoms with Gasteiger partial charge in [0.2, 0.25) is 0 Å². The first-order chi connectivity index (χ1) is 10.1. The Morgan fingerprint density at radius 2 is 2.10 bits per heavy atom. The molecule has 0 amide bonds. The van der Waals surface area contributed by atoms with E-state index < -0.39 is 10.9 Å². The van der Waals surface area contributed by atoms with Crippen molar-refractivity contribution in [1.82, 2.24) is 9.78 Å². The van der Waals surface area contributed by atoms with Crippen molar-refractivity contribution in [2.24, 2.45) is 0 Å². The number of benzene rings is 1. The number of carboxylic acids is 1. The number of nitro groups is 1. The van der Waals surface area contributed by atoms with Gasteiger partial charge in [-0.25, -0.2) is 9.48 Å². The van der Waals surface area contributed by atoms with Crippen LogP contribution in [0.4, 0.5) is 5.69 Å². The second-order valence-electron chi connectivity index (χ2n) is 4.97. The molecule has 0 unspecified atom stereocenters. The van der Waals surface area contributed by atoms with Crippen molar-refractivity contribution in [3.05, 3.63) is 51.3 Å². The van der Waals surface area contributed by atoms with Crippen LogP contribution in [0.15, 0.2) is 24.3 Å². The van der Waals surface area contributed by atoms with Gasteiger partial charge in [-0.1, -0.05) is 6.07 Å². The van der Waals surface area contributed by atoms with Crippen LogP contribution in [-0.2, 0) is 12.8 Å². The van der Waals surface area contributed by atoms with Crippen LogP contribution < -0.4 is 0 Å². The summed E-state index contributed by atoms with van der Waals surface area (Å²) >= 11 is 0. The van der Waals surface area contributed by atoms with E-state index in [-0.39, 0.29) is 11.4 Å². The number of rotatable bonds is 3.